The van der Waals surface area contributed by atoms with Gasteiger partial charge in [-0.15, -0.1) is 0 Å². The number of halogens is 2. The van der Waals surface area contributed by atoms with Gasteiger partial charge in [0.25, 0.3) is 0 Å². The Labute approximate surface area is 155 Å². The topological polar surface area (TPSA) is 89.6 Å². The molecule has 1 heterocycles. The maximum atomic E-state index is 12.3. The van der Waals surface area contributed by atoms with E-state index in [0.717, 1.165) is 23.4 Å². The molecule has 0 radical (unpaired) electrons. The van der Waals surface area contributed by atoms with Gasteiger partial charge in [0.2, 0.25) is 5.91 Å². The number of aliphatic hydroxyl groups is 1. The molecule has 5 nitrogen and oxygen atoms in total. The van der Waals surface area contributed by atoms with E-state index in [4.69, 9.17) is 10.5 Å². The van der Waals surface area contributed by atoms with Crippen LogP contribution in [0, 0.1) is 11.6 Å². The van der Waals surface area contributed by atoms with Gasteiger partial charge in [0.05, 0.1) is 6.10 Å². The molecule has 0 spiro atoms. The number of carbonyl (C=O) groups excluding carboxylic acids is 2. The number of rotatable bonds is 2. The van der Waals surface area contributed by atoms with Crippen molar-refractivity contribution in [1.82, 2.24) is 0 Å². The lowest BCUT2D eigenvalue weighted by Gasteiger charge is -2.37. The first-order valence-electron chi connectivity index (χ1n) is 8.26. The zero-order valence-corrected chi connectivity index (χ0v) is 15.3. The maximum absolute atomic E-state index is 12.3. The Kier molecular flexibility index (Phi) is 5.95. The third-order valence-corrected chi connectivity index (χ3v) is 4.20. The molecule has 3 rings (SSSR count). The van der Waals surface area contributed by atoms with E-state index in [1.165, 1.54) is 6.92 Å². The molecular formula is C20H21F2NO4. The van der Waals surface area contributed by atoms with Crippen LogP contribution < -0.4 is 10.5 Å². The zero-order valence-electron chi connectivity index (χ0n) is 15.3. The minimum Gasteiger partial charge on any atom is -0.485 e. The van der Waals surface area contributed by atoms with Crippen molar-refractivity contribution in [3.8, 4) is 5.75 Å². The van der Waals surface area contributed by atoms with E-state index in [-0.39, 0.29) is 11.3 Å². The predicted molar refractivity (Wildman–Crippen MR) is 95.7 cm³/mol. The smallest absolute Gasteiger partial charge is 0.248 e. The number of Topliss-reactive ketones (excluding diaryl/α,β-unsaturated/α-hetero) is 1. The van der Waals surface area contributed by atoms with Gasteiger partial charge in [-0.25, -0.2) is 8.78 Å². The second kappa shape index (κ2) is 7.84. The largest absolute Gasteiger partial charge is 0.485 e. The lowest BCUT2D eigenvalue weighted by molar-refractivity contribution is -0.0411. The summed E-state index contributed by atoms with van der Waals surface area (Å²) in [6.45, 7) is 5.25. The van der Waals surface area contributed by atoms with Crippen molar-refractivity contribution >= 4 is 11.7 Å². The highest BCUT2D eigenvalue weighted by Crippen LogP contribution is 2.33. The van der Waals surface area contributed by atoms with Gasteiger partial charge in [-0.3, -0.25) is 9.59 Å². The Morgan fingerprint density at radius 1 is 1.11 bits per heavy atom. The van der Waals surface area contributed by atoms with Gasteiger partial charge in [-0.2, -0.15) is 0 Å². The molecule has 0 aliphatic carbocycles. The monoisotopic (exact) mass is 377 g/mol. The fraction of sp³-hybridized carbons (Fsp3) is 0.300. The molecule has 0 saturated heterocycles. The van der Waals surface area contributed by atoms with Gasteiger partial charge >= 0.3 is 0 Å². The summed E-state index contributed by atoms with van der Waals surface area (Å²) in [7, 11) is 0. The third kappa shape index (κ3) is 5.10. The number of primary amides is 1. The van der Waals surface area contributed by atoms with E-state index in [2.05, 4.69) is 0 Å². The van der Waals surface area contributed by atoms with Crippen molar-refractivity contribution in [2.24, 2.45) is 5.73 Å². The second-order valence-corrected chi connectivity index (χ2v) is 6.83. The predicted octanol–water partition coefficient (Wildman–Crippen LogP) is 3.03. The van der Waals surface area contributed by atoms with Gasteiger partial charge in [-0.05, 0) is 56.7 Å². The van der Waals surface area contributed by atoms with E-state index in [9.17, 15) is 23.5 Å². The van der Waals surface area contributed by atoms with Gasteiger partial charge in [0, 0.05) is 23.6 Å². The molecule has 2 aromatic carbocycles. The highest BCUT2D eigenvalue weighted by Gasteiger charge is 2.35. The Morgan fingerprint density at radius 3 is 2.22 bits per heavy atom. The summed E-state index contributed by atoms with van der Waals surface area (Å²) in [5.41, 5.74) is 5.61. The SMILES string of the molecule is CC(=O)c1ccc2c(c1)C[C@@H](O)C(C)(C)O2.NC(=O)c1cc(F)cc(F)c1. The first kappa shape index (κ1) is 20.5. The lowest BCUT2D eigenvalue weighted by atomic mass is 9.90. The van der Waals surface area contributed by atoms with E-state index >= 15 is 0 Å². The Hall–Kier alpha value is -2.80. The molecule has 7 heteroatoms. The van der Waals surface area contributed by atoms with Crippen LogP contribution in [-0.2, 0) is 6.42 Å². The van der Waals surface area contributed by atoms with E-state index in [1.807, 2.05) is 13.8 Å². The number of aliphatic hydroxyl groups excluding tert-OH is 1. The van der Waals surface area contributed by atoms with Gasteiger partial charge in [-0.1, -0.05) is 0 Å². The van der Waals surface area contributed by atoms with Crippen LogP contribution in [0.15, 0.2) is 36.4 Å². The summed E-state index contributed by atoms with van der Waals surface area (Å²) in [6, 6.07) is 7.80. The van der Waals surface area contributed by atoms with Gasteiger partial charge < -0.3 is 15.6 Å². The molecule has 144 valence electrons. The number of hydrogen-bond donors (Lipinski definition) is 2. The molecule has 0 aromatic heterocycles. The molecule has 2 aromatic rings. The number of fused-ring (bicyclic) bond motifs is 1. The Morgan fingerprint density at radius 2 is 1.70 bits per heavy atom. The van der Waals surface area contributed by atoms with Gasteiger partial charge in [0.1, 0.15) is 23.0 Å². The molecule has 0 unspecified atom stereocenters. The fourth-order valence-corrected chi connectivity index (χ4v) is 2.56. The number of amides is 1. The molecule has 1 aliphatic rings. The van der Waals surface area contributed by atoms with Crippen LogP contribution in [0.5, 0.6) is 5.75 Å². The maximum Gasteiger partial charge on any atom is 0.248 e. The van der Waals surface area contributed by atoms with Crippen LogP contribution >= 0.6 is 0 Å². The molecule has 3 N–H and O–H groups in total. The van der Waals surface area contributed by atoms with Crippen LogP contribution in [0.4, 0.5) is 8.78 Å². The minimum absolute atomic E-state index is 0.0297. The fourth-order valence-electron chi connectivity index (χ4n) is 2.56. The number of nitrogens with two attached hydrogens (primary N) is 1. The average Bonchev–Trinajstić information content (AvgIpc) is 2.54. The number of hydrogen-bond acceptors (Lipinski definition) is 4. The van der Waals surface area contributed by atoms with Crippen LogP contribution in [0.1, 0.15) is 47.1 Å². The summed E-state index contributed by atoms with van der Waals surface area (Å²) in [4.78, 5) is 21.6. The third-order valence-electron chi connectivity index (χ3n) is 4.20. The molecular weight excluding hydrogens is 356 g/mol. The zero-order chi connectivity index (χ0) is 20.4. The number of ketones is 1. The van der Waals surface area contributed by atoms with Crippen molar-refractivity contribution in [1.29, 1.82) is 0 Å². The van der Waals surface area contributed by atoms with Crippen molar-refractivity contribution in [2.45, 2.75) is 38.9 Å². The highest BCUT2D eigenvalue weighted by molar-refractivity contribution is 5.94. The second-order valence-electron chi connectivity index (χ2n) is 6.83. The van der Waals surface area contributed by atoms with E-state index in [0.29, 0.717) is 18.1 Å². The first-order valence-corrected chi connectivity index (χ1v) is 8.26. The summed E-state index contributed by atoms with van der Waals surface area (Å²) in [5, 5.41) is 9.90. The molecule has 27 heavy (non-hydrogen) atoms. The minimum atomic E-state index is -0.844. The highest BCUT2D eigenvalue weighted by atomic mass is 19.1. The van der Waals surface area contributed by atoms with E-state index in [1.54, 1.807) is 18.2 Å². The number of benzene rings is 2. The van der Waals surface area contributed by atoms with Crippen molar-refractivity contribution in [2.75, 3.05) is 0 Å². The van der Waals surface area contributed by atoms with Crippen molar-refractivity contribution < 1.29 is 28.2 Å². The summed E-state index contributed by atoms with van der Waals surface area (Å²) >= 11 is 0. The number of ether oxygens (including phenoxy) is 1. The van der Waals surface area contributed by atoms with Crippen molar-refractivity contribution in [3.05, 3.63) is 64.7 Å². The average molecular weight is 377 g/mol. The van der Waals surface area contributed by atoms with Crippen molar-refractivity contribution in [3.63, 3.8) is 0 Å². The Bertz CT molecular complexity index is 860. The molecule has 1 atom stereocenters. The standard InChI is InChI=1S/C13H16O3.C7H5F2NO/c1-8(14)9-4-5-11-10(6-9)7-12(15)13(2,3)16-11;8-5-1-4(7(10)11)2-6(9)3-5/h4-6,12,15H,7H2,1-3H3;1-3H,(H2,10,11)/t12-;/m1./s1. The molecule has 0 fully saturated rings. The van der Waals surface area contributed by atoms with Gasteiger partial charge in [0.15, 0.2) is 5.78 Å². The summed E-state index contributed by atoms with van der Waals surface area (Å²) < 4.78 is 30.4. The van der Waals surface area contributed by atoms with Crippen LogP contribution in [0.2, 0.25) is 0 Å². The molecule has 1 aliphatic heterocycles. The quantitative estimate of drug-likeness (QED) is 0.788. The van der Waals surface area contributed by atoms with Crippen LogP contribution in [-0.4, -0.2) is 28.5 Å². The van der Waals surface area contributed by atoms with Crippen LogP contribution in [0.3, 0.4) is 0 Å². The number of carbonyl (C=O) groups is 2. The molecule has 0 bridgehead atoms. The van der Waals surface area contributed by atoms with E-state index < -0.39 is 29.2 Å². The summed E-state index contributed by atoms with van der Waals surface area (Å²) in [6.07, 6.45) is -0.00842. The van der Waals surface area contributed by atoms with Crippen LogP contribution in [0.25, 0.3) is 0 Å². The Balaban J connectivity index is 0.000000208. The molecule has 0 saturated carbocycles. The molecule has 1 amide bonds. The first-order chi connectivity index (χ1) is 12.5. The normalized spacial score (nSPS) is 17.0. The lowest BCUT2D eigenvalue weighted by Crippen LogP contribution is -2.46. The summed E-state index contributed by atoms with van der Waals surface area (Å²) in [5.74, 6) is -1.66.